The number of nitrogens with two attached hydrogens (primary N) is 1. The Balaban J connectivity index is 2.28. The van der Waals surface area contributed by atoms with Gasteiger partial charge in [-0.05, 0) is 24.1 Å². The molecule has 4 heteroatoms. The Bertz CT molecular complexity index is 253. The molecule has 0 aromatic carbocycles. The van der Waals surface area contributed by atoms with Gasteiger partial charge < -0.3 is 15.6 Å². The third-order valence-corrected chi connectivity index (χ3v) is 1.62. The van der Waals surface area contributed by atoms with Crippen LogP contribution >= 0.6 is 0 Å². The molecule has 0 fully saturated rings. The maximum Gasteiger partial charge on any atom is 0.123 e. The summed E-state index contributed by atoms with van der Waals surface area (Å²) in [4.78, 5) is 3.88. The predicted molar refractivity (Wildman–Crippen MR) is 50.3 cm³/mol. The van der Waals surface area contributed by atoms with E-state index in [-0.39, 0.29) is 6.61 Å². The summed E-state index contributed by atoms with van der Waals surface area (Å²) in [5.41, 5.74) is 6.60. The Kier molecular flexibility index (Phi) is 4.21. The lowest BCUT2D eigenvalue weighted by Crippen LogP contribution is -2.03. The number of nitrogens with zero attached hydrogens (tertiary/aromatic N) is 1. The summed E-state index contributed by atoms with van der Waals surface area (Å²) in [7, 11) is 0. The van der Waals surface area contributed by atoms with E-state index in [9.17, 15) is 0 Å². The lowest BCUT2D eigenvalue weighted by atomic mass is 10.2. The second-order valence-electron chi connectivity index (χ2n) is 2.67. The van der Waals surface area contributed by atoms with Gasteiger partial charge in [-0.15, -0.1) is 0 Å². The SMILES string of the molecule is Nc1cc(CCOCCO)ccn1. The van der Waals surface area contributed by atoms with Gasteiger partial charge in [-0.3, -0.25) is 0 Å². The van der Waals surface area contributed by atoms with E-state index in [1.54, 1.807) is 6.20 Å². The highest BCUT2D eigenvalue weighted by Crippen LogP contribution is 2.03. The average molecular weight is 182 g/mol. The van der Waals surface area contributed by atoms with Gasteiger partial charge in [0.15, 0.2) is 0 Å². The van der Waals surface area contributed by atoms with Crippen molar-refractivity contribution in [3.63, 3.8) is 0 Å². The molecule has 0 amide bonds. The molecule has 3 N–H and O–H groups in total. The smallest absolute Gasteiger partial charge is 0.123 e. The molecule has 1 rings (SSSR count). The summed E-state index contributed by atoms with van der Waals surface area (Å²) in [5, 5.41) is 8.45. The highest BCUT2D eigenvalue weighted by molar-refractivity contribution is 5.31. The van der Waals surface area contributed by atoms with Gasteiger partial charge in [-0.25, -0.2) is 4.98 Å². The first-order valence-electron chi connectivity index (χ1n) is 4.22. The van der Waals surface area contributed by atoms with Crippen molar-refractivity contribution < 1.29 is 9.84 Å². The van der Waals surface area contributed by atoms with E-state index >= 15 is 0 Å². The summed E-state index contributed by atoms with van der Waals surface area (Å²) in [6.07, 6.45) is 2.48. The number of hydrogen-bond donors (Lipinski definition) is 2. The first-order valence-corrected chi connectivity index (χ1v) is 4.22. The van der Waals surface area contributed by atoms with Gasteiger partial charge in [0, 0.05) is 6.20 Å². The van der Waals surface area contributed by atoms with Gasteiger partial charge in [0.2, 0.25) is 0 Å². The molecule has 0 unspecified atom stereocenters. The minimum atomic E-state index is 0.0679. The Morgan fingerprint density at radius 1 is 1.46 bits per heavy atom. The van der Waals surface area contributed by atoms with Crippen LogP contribution in [0.3, 0.4) is 0 Å². The molecule has 0 aliphatic rings. The molecule has 0 radical (unpaired) electrons. The second kappa shape index (κ2) is 5.50. The lowest BCUT2D eigenvalue weighted by molar-refractivity contribution is 0.0944. The number of aliphatic hydroxyl groups is 1. The maximum absolute atomic E-state index is 8.45. The van der Waals surface area contributed by atoms with Gasteiger partial charge in [0.25, 0.3) is 0 Å². The molecule has 1 aromatic heterocycles. The summed E-state index contributed by atoms with van der Waals surface area (Å²) >= 11 is 0. The number of ether oxygens (including phenoxy) is 1. The van der Waals surface area contributed by atoms with Crippen molar-refractivity contribution in [1.82, 2.24) is 4.98 Å². The van der Waals surface area contributed by atoms with E-state index in [0.717, 1.165) is 12.0 Å². The van der Waals surface area contributed by atoms with Crippen LogP contribution in [0.2, 0.25) is 0 Å². The summed E-state index contributed by atoms with van der Waals surface area (Å²) < 4.78 is 5.12. The van der Waals surface area contributed by atoms with Crippen molar-refractivity contribution in [2.45, 2.75) is 6.42 Å². The fourth-order valence-electron chi connectivity index (χ4n) is 1.01. The van der Waals surface area contributed by atoms with Gasteiger partial charge in [-0.2, -0.15) is 0 Å². The molecule has 0 atom stereocenters. The van der Waals surface area contributed by atoms with Crippen LogP contribution in [0, 0.1) is 0 Å². The normalized spacial score (nSPS) is 10.2. The largest absolute Gasteiger partial charge is 0.394 e. The molecule has 0 bridgehead atoms. The van der Waals surface area contributed by atoms with Crippen LogP contribution in [0.25, 0.3) is 0 Å². The molecule has 0 saturated heterocycles. The summed E-state index contributed by atoms with van der Waals surface area (Å²) in [5.74, 6) is 0.527. The Morgan fingerprint density at radius 3 is 3.00 bits per heavy atom. The molecular formula is C9H14N2O2. The molecule has 72 valence electrons. The Labute approximate surface area is 77.4 Å². The van der Waals surface area contributed by atoms with Crippen molar-refractivity contribution >= 4 is 5.82 Å². The van der Waals surface area contributed by atoms with E-state index in [2.05, 4.69) is 4.98 Å². The van der Waals surface area contributed by atoms with E-state index < -0.39 is 0 Å². The standard InChI is InChI=1S/C9H14N2O2/c10-9-7-8(1-3-11-9)2-5-13-6-4-12/h1,3,7,12H,2,4-6H2,(H2,10,11). The first-order chi connectivity index (χ1) is 6.33. The van der Waals surface area contributed by atoms with Gasteiger partial charge in [0.1, 0.15) is 5.82 Å². The fraction of sp³-hybridized carbons (Fsp3) is 0.444. The number of aliphatic hydroxyl groups excluding tert-OH is 1. The van der Waals surface area contributed by atoms with Crippen LogP contribution < -0.4 is 5.73 Å². The number of hydrogen-bond acceptors (Lipinski definition) is 4. The third-order valence-electron chi connectivity index (χ3n) is 1.62. The molecule has 13 heavy (non-hydrogen) atoms. The number of pyridine rings is 1. The molecule has 4 nitrogen and oxygen atoms in total. The highest BCUT2D eigenvalue weighted by atomic mass is 16.5. The quantitative estimate of drug-likeness (QED) is 0.639. The van der Waals surface area contributed by atoms with E-state index in [4.69, 9.17) is 15.6 Å². The highest BCUT2D eigenvalue weighted by Gasteiger charge is 1.94. The van der Waals surface area contributed by atoms with E-state index in [1.165, 1.54) is 0 Å². The molecule has 1 heterocycles. The van der Waals surface area contributed by atoms with Crippen molar-refractivity contribution in [2.24, 2.45) is 0 Å². The summed E-state index contributed by atoms with van der Waals surface area (Å²) in [6, 6.07) is 3.72. The fourth-order valence-corrected chi connectivity index (χ4v) is 1.01. The maximum atomic E-state index is 8.45. The van der Waals surface area contributed by atoms with Gasteiger partial charge >= 0.3 is 0 Å². The number of anilines is 1. The zero-order valence-corrected chi connectivity index (χ0v) is 7.44. The molecular weight excluding hydrogens is 168 g/mol. The minimum absolute atomic E-state index is 0.0679. The first kappa shape index (κ1) is 9.95. The third kappa shape index (κ3) is 3.87. The second-order valence-corrected chi connectivity index (χ2v) is 2.67. The Hall–Kier alpha value is -1.13. The molecule has 0 spiro atoms. The van der Waals surface area contributed by atoms with E-state index in [0.29, 0.717) is 19.0 Å². The van der Waals surface area contributed by atoms with Crippen molar-refractivity contribution in [3.05, 3.63) is 23.9 Å². The van der Waals surface area contributed by atoms with Crippen molar-refractivity contribution in [2.75, 3.05) is 25.6 Å². The predicted octanol–water partition coefficient (Wildman–Crippen LogP) is 0.215. The van der Waals surface area contributed by atoms with Gasteiger partial charge in [-0.1, -0.05) is 0 Å². The monoisotopic (exact) mass is 182 g/mol. The molecule has 0 aliphatic carbocycles. The van der Waals surface area contributed by atoms with Crippen LogP contribution in [-0.4, -0.2) is 29.9 Å². The molecule has 0 aliphatic heterocycles. The minimum Gasteiger partial charge on any atom is -0.394 e. The van der Waals surface area contributed by atoms with E-state index in [1.807, 2.05) is 12.1 Å². The van der Waals surface area contributed by atoms with Crippen LogP contribution in [0.1, 0.15) is 5.56 Å². The average Bonchev–Trinajstić information content (AvgIpc) is 2.13. The zero-order chi connectivity index (χ0) is 9.52. The lowest BCUT2D eigenvalue weighted by Gasteiger charge is -2.02. The van der Waals surface area contributed by atoms with Crippen LogP contribution in [-0.2, 0) is 11.2 Å². The zero-order valence-electron chi connectivity index (χ0n) is 7.44. The van der Waals surface area contributed by atoms with Gasteiger partial charge in [0.05, 0.1) is 19.8 Å². The van der Waals surface area contributed by atoms with Crippen LogP contribution in [0.4, 0.5) is 5.82 Å². The number of aromatic nitrogens is 1. The van der Waals surface area contributed by atoms with Crippen molar-refractivity contribution in [1.29, 1.82) is 0 Å². The molecule has 1 aromatic rings. The topological polar surface area (TPSA) is 68.4 Å². The number of rotatable bonds is 5. The summed E-state index contributed by atoms with van der Waals surface area (Å²) in [6.45, 7) is 1.06. The Morgan fingerprint density at radius 2 is 2.31 bits per heavy atom. The van der Waals surface area contributed by atoms with Crippen LogP contribution in [0.5, 0.6) is 0 Å². The molecule has 0 saturated carbocycles. The number of nitrogen functional groups attached to an aromatic ring is 1. The van der Waals surface area contributed by atoms with Crippen LogP contribution in [0.15, 0.2) is 18.3 Å². The van der Waals surface area contributed by atoms with Crippen molar-refractivity contribution in [3.8, 4) is 0 Å².